The van der Waals surface area contributed by atoms with Crippen LogP contribution in [0.5, 0.6) is 0 Å². The highest BCUT2D eigenvalue weighted by molar-refractivity contribution is 5.28. The van der Waals surface area contributed by atoms with E-state index in [0.29, 0.717) is 11.6 Å². The van der Waals surface area contributed by atoms with E-state index in [0.717, 1.165) is 19.6 Å². The van der Waals surface area contributed by atoms with Crippen molar-refractivity contribution < 1.29 is 0 Å². The van der Waals surface area contributed by atoms with Crippen LogP contribution in [0.3, 0.4) is 0 Å². The Morgan fingerprint density at radius 3 is 2.35 bits per heavy atom. The molecule has 114 valence electrons. The van der Waals surface area contributed by atoms with E-state index in [2.05, 4.69) is 61.7 Å². The Hall–Kier alpha value is -0.870. The van der Waals surface area contributed by atoms with Crippen LogP contribution in [-0.2, 0) is 6.54 Å². The highest BCUT2D eigenvalue weighted by Gasteiger charge is 2.32. The Morgan fingerprint density at radius 2 is 1.90 bits per heavy atom. The zero-order chi connectivity index (χ0) is 14.9. The lowest BCUT2D eigenvalue weighted by atomic mass is 9.88. The summed E-state index contributed by atoms with van der Waals surface area (Å²) in [5, 5.41) is 8.14. The summed E-state index contributed by atoms with van der Waals surface area (Å²) in [7, 11) is 2.08. The van der Waals surface area contributed by atoms with Crippen molar-refractivity contribution in [3.8, 4) is 0 Å². The number of hydrogen-bond acceptors (Lipinski definition) is 3. The van der Waals surface area contributed by atoms with E-state index in [1.165, 1.54) is 29.8 Å². The summed E-state index contributed by atoms with van der Waals surface area (Å²) >= 11 is 0. The van der Waals surface area contributed by atoms with Gasteiger partial charge in [0.15, 0.2) is 0 Å². The van der Waals surface area contributed by atoms with Gasteiger partial charge in [-0.1, -0.05) is 0 Å². The molecule has 1 saturated heterocycles. The second-order valence-corrected chi connectivity index (χ2v) is 6.42. The van der Waals surface area contributed by atoms with E-state index in [-0.39, 0.29) is 0 Å². The normalized spacial score (nSPS) is 21.1. The van der Waals surface area contributed by atoms with E-state index in [1.54, 1.807) is 0 Å². The predicted molar refractivity (Wildman–Crippen MR) is 84.1 cm³/mol. The first-order chi connectivity index (χ1) is 9.41. The molecular weight excluding hydrogens is 248 g/mol. The fourth-order valence-corrected chi connectivity index (χ4v) is 3.46. The molecule has 4 heteroatoms. The molecule has 1 aliphatic rings. The highest BCUT2D eigenvalue weighted by Crippen LogP contribution is 2.31. The third kappa shape index (κ3) is 2.77. The number of piperidine rings is 1. The van der Waals surface area contributed by atoms with Crippen molar-refractivity contribution in [1.82, 2.24) is 20.0 Å². The lowest BCUT2D eigenvalue weighted by Crippen LogP contribution is -2.50. The van der Waals surface area contributed by atoms with Crippen LogP contribution >= 0.6 is 0 Å². The largest absolute Gasteiger partial charge is 0.314 e. The smallest absolute Gasteiger partial charge is 0.0644 e. The molecule has 0 saturated carbocycles. The number of hydrogen-bond donors (Lipinski definition) is 1. The summed E-state index contributed by atoms with van der Waals surface area (Å²) in [5.41, 5.74) is 4.27. The standard InChI is InChI=1S/C16H30N4/c1-7-20-14(4)15(12(2)18-20)13(3)19-10-8-16(5,17-6)9-11-19/h13,17H,7-11H2,1-6H3. The molecular formula is C16H30N4. The van der Waals surface area contributed by atoms with Gasteiger partial charge in [0.1, 0.15) is 0 Å². The molecule has 20 heavy (non-hydrogen) atoms. The number of likely N-dealkylation sites (tertiary alicyclic amines) is 1. The monoisotopic (exact) mass is 278 g/mol. The molecule has 1 unspecified atom stereocenters. The summed E-state index contributed by atoms with van der Waals surface area (Å²) in [6.07, 6.45) is 2.43. The van der Waals surface area contributed by atoms with Gasteiger partial charge in [0.05, 0.1) is 5.69 Å². The van der Waals surface area contributed by atoms with Crippen molar-refractivity contribution in [3.05, 3.63) is 17.0 Å². The van der Waals surface area contributed by atoms with Crippen LogP contribution in [0.1, 0.15) is 56.6 Å². The van der Waals surface area contributed by atoms with E-state index < -0.39 is 0 Å². The Bertz CT molecular complexity index is 455. The fourth-order valence-electron chi connectivity index (χ4n) is 3.46. The number of nitrogens with zero attached hydrogens (tertiary/aromatic N) is 3. The minimum atomic E-state index is 0.313. The Balaban J connectivity index is 2.13. The molecule has 1 aromatic rings. The maximum atomic E-state index is 4.67. The molecule has 1 atom stereocenters. The van der Waals surface area contributed by atoms with Gasteiger partial charge in [-0.25, -0.2) is 0 Å². The second-order valence-electron chi connectivity index (χ2n) is 6.42. The summed E-state index contributed by atoms with van der Waals surface area (Å²) in [6.45, 7) is 14.5. The van der Waals surface area contributed by atoms with Crippen molar-refractivity contribution in [2.45, 2.75) is 65.6 Å². The summed E-state index contributed by atoms with van der Waals surface area (Å²) < 4.78 is 2.13. The molecule has 0 bridgehead atoms. The zero-order valence-electron chi connectivity index (χ0n) is 14.0. The van der Waals surface area contributed by atoms with Crippen molar-refractivity contribution in [2.75, 3.05) is 20.1 Å². The SMILES string of the molecule is CCn1nc(C)c(C(C)N2CCC(C)(NC)CC2)c1C. The molecule has 2 rings (SSSR count). The van der Waals surface area contributed by atoms with Crippen LogP contribution < -0.4 is 5.32 Å². The lowest BCUT2D eigenvalue weighted by molar-refractivity contribution is 0.117. The quantitative estimate of drug-likeness (QED) is 0.919. The molecule has 0 amide bonds. The predicted octanol–water partition coefficient (Wildman–Crippen LogP) is 2.65. The van der Waals surface area contributed by atoms with Crippen molar-refractivity contribution >= 4 is 0 Å². The molecule has 1 N–H and O–H groups in total. The van der Waals surface area contributed by atoms with E-state index in [4.69, 9.17) is 0 Å². The molecule has 4 nitrogen and oxygen atoms in total. The van der Waals surface area contributed by atoms with Gasteiger partial charge in [0.2, 0.25) is 0 Å². The van der Waals surface area contributed by atoms with Crippen LogP contribution in [0.15, 0.2) is 0 Å². The molecule has 0 aliphatic carbocycles. The van der Waals surface area contributed by atoms with Gasteiger partial charge in [-0.15, -0.1) is 0 Å². The van der Waals surface area contributed by atoms with Crippen LogP contribution in [0.4, 0.5) is 0 Å². The van der Waals surface area contributed by atoms with Crippen LogP contribution in [0.2, 0.25) is 0 Å². The Labute approximate surface area is 123 Å². The van der Waals surface area contributed by atoms with Gasteiger partial charge in [0.25, 0.3) is 0 Å². The number of aryl methyl sites for hydroxylation is 2. The molecule has 1 aliphatic heterocycles. The molecule has 0 aromatic carbocycles. The van der Waals surface area contributed by atoms with E-state index >= 15 is 0 Å². The Kier molecular flexibility index (Phi) is 4.55. The number of nitrogens with one attached hydrogen (secondary N) is 1. The van der Waals surface area contributed by atoms with E-state index in [9.17, 15) is 0 Å². The first-order valence-corrected chi connectivity index (χ1v) is 7.88. The lowest BCUT2D eigenvalue weighted by Gasteiger charge is -2.42. The van der Waals surface area contributed by atoms with Crippen molar-refractivity contribution in [1.29, 1.82) is 0 Å². The second kappa shape index (κ2) is 5.86. The van der Waals surface area contributed by atoms with Gasteiger partial charge in [-0.3, -0.25) is 9.58 Å². The van der Waals surface area contributed by atoms with Crippen LogP contribution in [-0.4, -0.2) is 40.4 Å². The van der Waals surface area contributed by atoms with E-state index in [1.807, 2.05) is 0 Å². The number of rotatable bonds is 4. The zero-order valence-corrected chi connectivity index (χ0v) is 14.0. The van der Waals surface area contributed by atoms with Gasteiger partial charge < -0.3 is 5.32 Å². The minimum absolute atomic E-state index is 0.313. The van der Waals surface area contributed by atoms with Gasteiger partial charge in [0, 0.05) is 42.5 Å². The topological polar surface area (TPSA) is 33.1 Å². The number of aromatic nitrogens is 2. The van der Waals surface area contributed by atoms with Gasteiger partial charge in [-0.2, -0.15) is 5.10 Å². The third-order valence-corrected chi connectivity index (χ3v) is 5.21. The molecule has 0 radical (unpaired) electrons. The summed E-state index contributed by atoms with van der Waals surface area (Å²) in [4.78, 5) is 2.61. The molecule has 1 aromatic heterocycles. The molecule has 0 spiro atoms. The highest BCUT2D eigenvalue weighted by atomic mass is 15.3. The first kappa shape index (κ1) is 15.5. The van der Waals surface area contributed by atoms with Gasteiger partial charge >= 0.3 is 0 Å². The van der Waals surface area contributed by atoms with Gasteiger partial charge in [-0.05, 0) is 54.5 Å². The molecule has 1 fully saturated rings. The van der Waals surface area contributed by atoms with Crippen LogP contribution in [0, 0.1) is 13.8 Å². The fraction of sp³-hybridized carbons (Fsp3) is 0.812. The Morgan fingerprint density at radius 1 is 1.30 bits per heavy atom. The van der Waals surface area contributed by atoms with Crippen LogP contribution in [0.25, 0.3) is 0 Å². The first-order valence-electron chi connectivity index (χ1n) is 7.88. The average Bonchev–Trinajstić information content (AvgIpc) is 2.73. The summed E-state index contributed by atoms with van der Waals surface area (Å²) in [5.74, 6) is 0. The molecule has 2 heterocycles. The summed E-state index contributed by atoms with van der Waals surface area (Å²) in [6, 6.07) is 0.469. The minimum Gasteiger partial charge on any atom is -0.314 e. The maximum absolute atomic E-state index is 4.67. The average molecular weight is 278 g/mol. The maximum Gasteiger partial charge on any atom is 0.0644 e. The van der Waals surface area contributed by atoms with Crippen molar-refractivity contribution in [2.24, 2.45) is 0 Å². The van der Waals surface area contributed by atoms with Crippen molar-refractivity contribution in [3.63, 3.8) is 0 Å². The third-order valence-electron chi connectivity index (χ3n) is 5.21.